The summed E-state index contributed by atoms with van der Waals surface area (Å²) in [6.07, 6.45) is 2.97. The van der Waals surface area contributed by atoms with Crippen molar-refractivity contribution in [3.8, 4) is 0 Å². The van der Waals surface area contributed by atoms with Gasteiger partial charge in [0.2, 0.25) is 5.91 Å². The molecule has 3 nitrogen and oxygen atoms in total. The van der Waals surface area contributed by atoms with Gasteiger partial charge in [-0.3, -0.25) is 4.79 Å². The first-order chi connectivity index (χ1) is 9.15. The average Bonchev–Trinajstić information content (AvgIpc) is 2.81. The normalized spacial score (nSPS) is 19.7. The fourth-order valence-electron chi connectivity index (χ4n) is 3.25. The van der Waals surface area contributed by atoms with Gasteiger partial charge in [0.25, 0.3) is 0 Å². The van der Waals surface area contributed by atoms with Crippen LogP contribution in [-0.4, -0.2) is 36.5 Å². The summed E-state index contributed by atoms with van der Waals surface area (Å²) in [5.41, 5.74) is 2.30. The van der Waals surface area contributed by atoms with E-state index in [0.717, 1.165) is 44.6 Å². The minimum atomic E-state index is -0.160. The molecule has 1 amide bonds. The molecule has 0 unspecified atom stereocenters. The van der Waals surface area contributed by atoms with Crippen LogP contribution in [0.1, 0.15) is 25.3 Å². The van der Waals surface area contributed by atoms with E-state index in [1.54, 1.807) is 19.1 Å². The maximum Gasteiger partial charge on any atom is 0.219 e. The molecular formula is C15H19FN2O. The molecule has 0 bridgehead atoms. The zero-order valence-electron chi connectivity index (χ0n) is 11.2. The number of likely N-dealkylation sites (tertiary alicyclic amines) is 1. The third-order valence-electron chi connectivity index (χ3n) is 4.33. The van der Waals surface area contributed by atoms with Crippen molar-refractivity contribution in [3.63, 3.8) is 0 Å². The first kappa shape index (κ1) is 12.5. The Morgan fingerprint density at radius 3 is 2.68 bits per heavy atom. The molecule has 1 aromatic carbocycles. The van der Waals surface area contributed by atoms with Crippen molar-refractivity contribution >= 4 is 11.6 Å². The Balaban J connectivity index is 1.73. The summed E-state index contributed by atoms with van der Waals surface area (Å²) in [7, 11) is 0. The quantitative estimate of drug-likeness (QED) is 0.774. The van der Waals surface area contributed by atoms with Crippen LogP contribution in [0.5, 0.6) is 0 Å². The number of hydrogen-bond donors (Lipinski definition) is 0. The van der Waals surface area contributed by atoms with Gasteiger partial charge in [-0.25, -0.2) is 4.39 Å². The second-order valence-corrected chi connectivity index (χ2v) is 5.45. The highest BCUT2D eigenvalue weighted by atomic mass is 19.1. The smallest absolute Gasteiger partial charge is 0.219 e. The summed E-state index contributed by atoms with van der Waals surface area (Å²) in [5, 5.41) is 0. The molecule has 2 heterocycles. The van der Waals surface area contributed by atoms with Gasteiger partial charge in [-0.2, -0.15) is 0 Å². The molecule has 1 fully saturated rings. The number of rotatable bonds is 1. The summed E-state index contributed by atoms with van der Waals surface area (Å²) in [5.74, 6) is -0.00172. The van der Waals surface area contributed by atoms with E-state index in [2.05, 4.69) is 4.90 Å². The van der Waals surface area contributed by atoms with E-state index in [1.807, 2.05) is 11.0 Å². The van der Waals surface area contributed by atoms with Gasteiger partial charge < -0.3 is 9.80 Å². The summed E-state index contributed by atoms with van der Waals surface area (Å²) in [4.78, 5) is 15.6. The Morgan fingerprint density at radius 1 is 1.26 bits per heavy atom. The minimum absolute atomic E-state index is 0.159. The van der Waals surface area contributed by atoms with Gasteiger partial charge in [0.1, 0.15) is 5.82 Å². The van der Waals surface area contributed by atoms with Crippen molar-refractivity contribution in [1.29, 1.82) is 0 Å². The van der Waals surface area contributed by atoms with E-state index < -0.39 is 0 Å². The number of piperidine rings is 1. The maximum atomic E-state index is 13.4. The molecule has 1 aromatic rings. The third-order valence-corrected chi connectivity index (χ3v) is 4.33. The lowest BCUT2D eigenvalue weighted by Crippen LogP contribution is -2.45. The van der Waals surface area contributed by atoms with E-state index in [9.17, 15) is 9.18 Å². The fourth-order valence-corrected chi connectivity index (χ4v) is 3.25. The van der Waals surface area contributed by atoms with Gasteiger partial charge in [-0.1, -0.05) is 6.07 Å². The van der Waals surface area contributed by atoms with E-state index in [-0.39, 0.29) is 11.7 Å². The van der Waals surface area contributed by atoms with Crippen molar-refractivity contribution in [2.75, 3.05) is 24.5 Å². The van der Waals surface area contributed by atoms with Crippen LogP contribution >= 0.6 is 0 Å². The zero-order chi connectivity index (χ0) is 13.4. The van der Waals surface area contributed by atoms with E-state index in [4.69, 9.17) is 0 Å². The molecule has 0 N–H and O–H groups in total. The van der Waals surface area contributed by atoms with Crippen molar-refractivity contribution < 1.29 is 9.18 Å². The number of halogens is 1. The molecule has 0 aliphatic carbocycles. The Labute approximate surface area is 113 Å². The molecule has 0 spiro atoms. The van der Waals surface area contributed by atoms with Gasteiger partial charge in [-0.05, 0) is 37.0 Å². The first-order valence-electron chi connectivity index (χ1n) is 6.96. The predicted octanol–water partition coefficient (Wildman–Crippen LogP) is 2.20. The Hall–Kier alpha value is -1.58. The van der Waals surface area contributed by atoms with Crippen LogP contribution in [0.15, 0.2) is 18.2 Å². The third kappa shape index (κ3) is 2.31. The molecule has 19 heavy (non-hydrogen) atoms. The van der Waals surface area contributed by atoms with Crippen LogP contribution in [0, 0.1) is 5.82 Å². The number of hydrogen-bond acceptors (Lipinski definition) is 2. The summed E-state index contributed by atoms with van der Waals surface area (Å²) >= 11 is 0. The fraction of sp³-hybridized carbons (Fsp3) is 0.533. The lowest BCUT2D eigenvalue weighted by atomic mass is 10.0. The second-order valence-electron chi connectivity index (χ2n) is 5.45. The molecule has 3 rings (SSSR count). The van der Waals surface area contributed by atoms with Gasteiger partial charge in [0.15, 0.2) is 0 Å². The van der Waals surface area contributed by atoms with Gasteiger partial charge >= 0.3 is 0 Å². The largest absolute Gasteiger partial charge is 0.368 e. The van der Waals surface area contributed by atoms with Gasteiger partial charge in [-0.15, -0.1) is 0 Å². The highest BCUT2D eigenvalue weighted by molar-refractivity contribution is 5.73. The second kappa shape index (κ2) is 4.83. The number of amides is 1. The van der Waals surface area contributed by atoms with Crippen molar-refractivity contribution in [2.24, 2.45) is 0 Å². The molecule has 102 valence electrons. The molecule has 4 heteroatoms. The van der Waals surface area contributed by atoms with Crippen molar-refractivity contribution in [1.82, 2.24) is 4.90 Å². The molecule has 0 radical (unpaired) electrons. The highest BCUT2D eigenvalue weighted by Gasteiger charge is 2.29. The standard InChI is InChI=1S/C15H19FN2O/c1-11(19)17-7-5-14(6-8-17)18-9-4-12-2-3-13(16)10-15(12)18/h2-3,10,14H,4-9H2,1H3. The molecule has 0 atom stereocenters. The predicted molar refractivity (Wildman–Crippen MR) is 72.7 cm³/mol. The van der Waals surface area contributed by atoms with Crippen LogP contribution < -0.4 is 4.90 Å². The Bertz CT molecular complexity index is 495. The molecule has 0 aromatic heterocycles. The zero-order valence-corrected chi connectivity index (χ0v) is 11.2. The van der Waals surface area contributed by atoms with Crippen molar-refractivity contribution in [3.05, 3.63) is 29.6 Å². The summed E-state index contributed by atoms with van der Waals surface area (Å²) < 4.78 is 13.4. The van der Waals surface area contributed by atoms with Crippen molar-refractivity contribution in [2.45, 2.75) is 32.2 Å². The van der Waals surface area contributed by atoms with Crippen LogP contribution in [0.3, 0.4) is 0 Å². The van der Waals surface area contributed by atoms with Crippen LogP contribution in [0.25, 0.3) is 0 Å². The van der Waals surface area contributed by atoms with Gasteiger partial charge in [0.05, 0.1) is 0 Å². The van der Waals surface area contributed by atoms with E-state index in [1.165, 1.54) is 5.56 Å². The maximum absolute atomic E-state index is 13.4. The van der Waals surface area contributed by atoms with Gasteiger partial charge in [0, 0.05) is 38.3 Å². The Morgan fingerprint density at radius 2 is 2.00 bits per heavy atom. The number of anilines is 1. The number of carbonyl (C=O) groups excluding carboxylic acids is 1. The SMILES string of the molecule is CC(=O)N1CCC(N2CCc3ccc(F)cc32)CC1. The number of nitrogens with zero attached hydrogens (tertiary/aromatic N) is 2. The lowest BCUT2D eigenvalue weighted by Gasteiger charge is -2.37. The monoisotopic (exact) mass is 262 g/mol. The summed E-state index contributed by atoms with van der Waals surface area (Å²) in [6, 6.07) is 5.54. The van der Waals surface area contributed by atoms with Crippen LogP contribution in [0.4, 0.5) is 10.1 Å². The number of fused-ring (bicyclic) bond motifs is 1. The van der Waals surface area contributed by atoms with Crippen LogP contribution in [-0.2, 0) is 11.2 Å². The molecular weight excluding hydrogens is 243 g/mol. The Kier molecular flexibility index (Phi) is 3.17. The average molecular weight is 262 g/mol. The molecule has 0 saturated carbocycles. The first-order valence-corrected chi connectivity index (χ1v) is 6.96. The molecule has 2 aliphatic rings. The molecule has 2 aliphatic heterocycles. The summed E-state index contributed by atoms with van der Waals surface area (Å²) in [6.45, 7) is 4.24. The van der Waals surface area contributed by atoms with E-state index >= 15 is 0 Å². The van der Waals surface area contributed by atoms with Crippen LogP contribution in [0.2, 0.25) is 0 Å². The molecule has 1 saturated heterocycles. The lowest BCUT2D eigenvalue weighted by molar-refractivity contribution is -0.129. The topological polar surface area (TPSA) is 23.6 Å². The van der Waals surface area contributed by atoms with E-state index in [0.29, 0.717) is 6.04 Å². The number of benzene rings is 1. The highest BCUT2D eigenvalue weighted by Crippen LogP contribution is 2.33. The minimum Gasteiger partial charge on any atom is -0.368 e. The number of carbonyl (C=O) groups is 1.